The van der Waals surface area contributed by atoms with Crippen molar-refractivity contribution in [1.29, 1.82) is 0 Å². The number of imidazole rings is 2. The Morgan fingerprint density at radius 2 is 1.89 bits per heavy atom. The SMILES string of the molecule is CCc1nc2ccccc2n1-c1nc(N2CCOCC2)c2nc(OC3CN(C(=O)C4(F)CC4)C3)n(C)c2n1. The molecule has 1 amide bonds. The van der Waals surface area contributed by atoms with Crippen molar-refractivity contribution in [2.24, 2.45) is 7.05 Å². The van der Waals surface area contributed by atoms with Crippen LogP contribution in [0.1, 0.15) is 25.6 Å². The van der Waals surface area contributed by atoms with Gasteiger partial charge in [-0.25, -0.2) is 9.37 Å². The van der Waals surface area contributed by atoms with Crippen LogP contribution in [0.5, 0.6) is 6.01 Å². The molecule has 12 heteroatoms. The highest BCUT2D eigenvalue weighted by Gasteiger charge is 2.55. The van der Waals surface area contributed by atoms with Gasteiger partial charge < -0.3 is 19.3 Å². The number of hydrogen-bond acceptors (Lipinski definition) is 8. The third kappa shape index (κ3) is 3.69. The number of amides is 1. The number of fused-ring (bicyclic) bond motifs is 2. The van der Waals surface area contributed by atoms with Crippen molar-refractivity contribution in [1.82, 2.24) is 34.0 Å². The zero-order chi connectivity index (χ0) is 26.0. The molecule has 3 aromatic heterocycles. The molecule has 38 heavy (non-hydrogen) atoms. The molecule has 3 aliphatic rings. The highest BCUT2D eigenvalue weighted by molar-refractivity contribution is 5.89. The standard InChI is InChI=1S/C26H29FN8O3/c1-3-19-28-17-6-4-5-7-18(17)35(19)24-30-21-20(22(31-24)33-10-12-37-13-11-33)29-25(32(21)2)38-16-14-34(15-16)23(36)26(27)8-9-26/h4-7,16H,3,8-15H2,1-2H3. The lowest BCUT2D eigenvalue weighted by Crippen LogP contribution is -2.58. The van der Waals surface area contributed by atoms with E-state index in [1.165, 1.54) is 4.90 Å². The van der Waals surface area contributed by atoms with E-state index in [1.54, 1.807) is 0 Å². The Balaban J connectivity index is 1.28. The molecule has 4 aromatic rings. The Morgan fingerprint density at radius 3 is 2.63 bits per heavy atom. The van der Waals surface area contributed by atoms with Crippen LogP contribution in [0.2, 0.25) is 0 Å². The minimum absolute atomic E-state index is 0.250. The van der Waals surface area contributed by atoms with E-state index < -0.39 is 11.6 Å². The lowest BCUT2D eigenvalue weighted by molar-refractivity contribution is -0.147. The number of nitrogens with zero attached hydrogens (tertiary/aromatic N) is 8. The maximum atomic E-state index is 14.2. The highest BCUT2D eigenvalue weighted by Crippen LogP contribution is 2.42. The number of halogens is 1. The number of carbonyl (C=O) groups excluding carboxylic acids is 1. The van der Waals surface area contributed by atoms with Crippen molar-refractivity contribution >= 4 is 33.9 Å². The predicted molar refractivity (Wildman–Crippen MR) is 137 cm³/mol. The van der Waals surface area contributed by atoms with Gasteiger partial charge in [0.1, 0.15) is 11.9 Å². The number of aryl methyl sites for hydroxylation is 2. The van der Waals surface area contributed by atoms with Crippen LogP contribution in [0, 0.1) is 0 Å². The summed E-state index contributed by atoms with van der Waals surface area (Å²) in [5.74, 6) is 1.69. The molecule has 5 heterocycles. The largest absolute Gasteiger partial charge is 0.458 e. The molecular weight excluding hydrogens is 491 g/mol. The van der Waals surface area contributed by atoms with Crippen LogP contribution in [-0.2, 0) is 23.0 Å². The molecule has 3 fully saturated rings. The fourth-order valence-electron chi connectivity index (χ4n) is 5.19. The van der Waals surface area contributed by atoms with Gasteiger partial charge in [-0.15, -0.1) is 0 Å². The minimum Gasteiger partial charge on any atom is -0.458 e. The lowest BCUT2D eigenvalue weighted by Gasteiger charge is -2.39. The predicted octanol–water partition coefficient (Wildman–Crippen LogP) is 2.19. The zero-order valence-electron chi connectivity index (χ0n) is 21.4. The summed E-state index contributed by atoms with van der Waals surface area (Å²) in [4.78, 5) is 35.5. The number of benzene rings is 1. The number of alkyl halides is 1. The van der Waals surface area contributed by atoms with Crippen molar-refractivity contribution < 1.29 is 18.7 Å². The van der Waals surface area contributed by atoms with Gasteiger partial charge >= 0.3 is 0 Å². The normalized spacial score (nSPS) is 19.2. The molecule has 0 atom stereocenters. The molecule has 0 bridgehead atoms. The number of anilines is 1. The lowest BCUT2D eigenvalue weighted by atomic mass is 10.1. The van der Waals surface area contributed by atoms with Crippen LogP contribution in [0.4, 0.5) is 10.2 Å². The molecule has 11 nitrogen and oxygen atoms in total. The number of hydrogen-bond donors (Lipinski definition) is 0. The number of morpholine rings is 1. The molecule has 1 aromatic carbocycles. The first-order valence-electron chi connectivity index (χ1n) is 13.1. The fraction of sp³-hybridized carbons (Fsp3) is 0.500. The van der Waals surface area contributed by atoms with E-state index in [0.717, 1.165) is 29.1 Å². The maximum absolute atomic E-state index is 14.2. The second-order valence-corrected chi connectivity index (χ2v) is 10.2. The molecule has 0 unspecified atom stereocenters. The molecule has 0 spiro atoms. The van der Waals surface area contributed by atoms with Gasteiger partial charge in [-0.1, -0.05) is 19.1 Å². The summed E-state index contributed by atoms with van der Waals surface area (Å²) in [5.41, 5.74) is 1.45. The molecular formula is C26H29FN8O3. The number of carbonyl (C=O) groups is 1. The third-order valence-corrected chi connectivity index (χ3v) is 7.58. The van der Waals surface area contributed by atoms with E-state index in [0.29, 0.717) is 75.4 Å². The summed E-state index contributed by atoms with van der Waals surface area (Å²) in [6.07, 6.45) is 1.10. The Hall–Kier alpha value is -3.80. The van der Waals surface area contributed by atoms with Crippen LogP contribution in [0.15, 0.2) is 24.3 Å². The van der Waals surface area contributed by atoms with Crippen LogP contribution in [0.25, 0.3) is 28.1 Å². The number of para-hydroxylation sites is 2. The molecule has 1 aliphatic carbocycles. The quantitative estimate of drug-likeness (QED) is 0.381. The number of aromatic nitrogens is 6. The Labute approximate surface area is 218 Å². The first-order valence-corrected chi connectivity index (χ1v) is 13.1. The first-order chi connectivity index (χ1) is 18.4. The van der Waals surface area contributed by atoms with Gasteiger partial charge in [0.05, 0.1) is 37.3 Å². The van der Waals surface area contributed by atoms with Gasteiger partial charge in [0, 0.05) is 26.6 Å². The summed E-state index contributed by atoms with van der Waals surface area (Å²) in [5, 5.41) is 0. The molecule has 1 saturated carbocycles. The summed E-state index contributed by atoms with van der Waals surface area (Å²) in [6, 6.07) is 8.36. The monoisotopic (exact) mass is 520 g/mol. The van der Waals surface area contributed by atoms with Gasteiger partial charge in [0.15, 0.2) is 22.7 Å². The highest BCUT2D eigenvalue weighted by atomic mass is 19.1. The molecule has 2 aliphatic heterocycles. The van der Waals surface area contributed by atoms with Gasteiger partial charge in [-0.2, -0.15) is 15.0 Å². The van der Waals surface area contributed by atoms with E-state index in [-0.39, 0.29) is 6.10 Å². The van der Waals surface area contributed by atoms with Crippen LogP contribution in [0.3, 0.4) is 0 Å². The average Bonchev–Trinajstić information content (AvgIpc) is 3.44. The van der Waals surface area contributed by atoms with Crippen molar-refractivity contribution in [2.45, 2.75) is 38.0 Å². The van der Waals surface area contributed by atoms with Crippen molar-refractivity contribution in [3.8, 4) is 12.0 Å². The van der Waals surface area contributed by atoms with E-state index in [9.17, 15) is 9.18 Å². The van der Waals surface area contributed by atoms with Crippen molar-refractivity contribution in [2.75, 3.05) is 44.3 Å². The van der Waals surface area contributed by atoms with E-state index in [2.05, 4.69) is 11.8 Å². The second kappa shape index (κ2) is 8.62. The molecule has 7 rings (SSSR count). The van der Waals surface area contributed by atoms with Gasteiger partial charge in [-0.05, 0) is 25.0 Å². The number of ether oxygens (including phenoxy) is 2. The zero-order valence-corrected chi connectivity index (χ0v) is 21.4. The molecule has 0 radical (unpaired) electrons. The Kier molecular flexibility index (Phi) is 5.29. The summed E-state index contributed by atoms with van der Waals surface area (Å²) in [6.45, 7) is 5.35. The van der Waals surface area contributed by atoms with Gasteiger partial charge in [0.25, 0.3) is 11.9 Å². The van der Waals surface area contributed by atoms with E-state index >= 15 is 0 Å². The molecule has 198 valence electrons. The van der Waals surface area contributed by atoms with Gasteiger partial charge in [-0.3, -0.25) is 13.9 Å². The molecule has 2 saturated heterocycles. The van der Waals surface area contributed by atoms with E-state index in [1.807, 2.05) is 40.4 Å². The maximum Gasteiger partial charge on any atom is 0.298 e. The topological polar surface area (TPSA) is 103 Å². The van der Waals surface area contributed by atoms with Crippen LogP contribution in [-0.4, -0.2) is 91.0 Å². The summed E-state index contributed by atoms with van der Waals surface area (Å²) in [7, 11) is 1.86. The van der Waals surface area contributed by atoms with Crippen LogP contribution >= 0.6 is 0 Å². The average molecular weight is 521 g/mol. The summed E-state index contributed by atoms with van der Waals surface area (Å²) < 4.78 is 29.7. The van der Waals surface area contributed by atoms with Gasteiger partial charge in [0.2, 0.25) is 5.95 Å². The number of likely N-dealkylation sites (tertiary alicyclic amines) is 1. The first kappa shape index (κ1) is 23.3. The van der Waals surface area contributed by atoms with Crippen molar-refractivity contribution in [3.63, 3.8) is 0 Å². The number of rotatable bonds is 6. The third-order valence-electron chi connectivity index (χ3n) is 7.58. The Morgan fingerprint density at radius 1 is 1.13 bits per heavy atom. The minimum atomic E-state index is -1.66. The van der Waals surface area contributed by atoms with E-state index in [4.69, 9.17) is 29.4 Å². The smallest absolute Gasteiger partial charge is 0.298 e. The Bertz CT molecular complexity index is 1550. The fourth-order valence-corrected chi connectivity index (χ4v) is 5.19. The van der Waals surface area contributed by atoms with Crippen molar-refractivity contribution in [3.05, 3.63) is 30.1 Å². The van der Waals surface area contributed by atoms with Crippen LogP contribution < -0.4 is 9.64 Å². The summed E-state index contributed by atoms with van der Waals surface area (Å²) >= 11 is 0. The molecule has 0 N–H and O–H groups in total. The second-order valence-electron chi connectivity index (χ2n) is 10.2.